The number of imide groups is 2. The maximum Gasteiger partial charge on any atom is 0.307 e. The third kappa shape index (κ3) is 21.3. The summed E-state index contributed by atoms with van der Waals surface area (Å²) < 4.78 is 21.9. The van der Waals surface area contributed by atoms with E-state index in [1.54, 1.807) is 0 Å². The lowest BCUT2D eigenvalue weighted by atomic mass is 10.1. The maximum atomic E-state index is 12.6. The van der Waals surface area contributed by atoms with E-state index in [0.717, 1.165) is 127 Å². The first-order chi connectivity index (χ1) is 33.4. The molecule has 0 spiro atoms. The van der Waals surface area contributed by atoms with Crippen molar-refractivity contribution in [2.45, 2.75) is 128 Å². The van der Waals surface area contributed by atoms with Gasteiger partial charge in [-0.25, -0.2) is 4.90 Å². The fourth-order valence-corrected chi connectivity index (χ4v) is 8.92. The Balaban J connectivity index is 0.000000258. The second-order valence-electron chi connectivity index (χ2n) is 16.1. The zero-order valence-electron chi connectivity index (χ0n) is 40.1. The van der Waals surface area contributed by atoms with E-state index in [1.807, 2.05) is 95.6 Å². The van der Waals surface area contributed by atoms with Crippen LogP contribution < -0.4 is 14.8 Å². The number of esters is 2. The number of benzene rings is 2. The average Bonchev–Trinajstić information content (AvgIpc) is 3.82. The van der Waals surface area contributed by atoms with Gasteiger partial charge in [0.25, 0.3) is 10.5 Å². The molecular weight excluding hydrogens is 1030 g/mol. The van der Waals surface area contributed by atoms with Gasteiger partial charge in [-0.3, -0.25) is 44.1 Å². The molecule has 2 aromatic heterocycles. The summed E-state index contributed by atoms with van der Waals surface area (Å²) in [7, 11) is 0. The van der Waals surface area contributed by atoms with Gasteiger partial charge >= 0.3 is 11.9 Å². The summed E-state index contributed by atoms with van der Waals surface area (Å²) in [5, 5.41) is 0.803. The summed E-state index contributed by atoms with van der Waals surface area (Å²) in [4.78, 5) is 80.0. The van der Waals surface area contributed by atoms with E-state index in [4.69, 9.17) is 18.9 Å². The highest BCUT2D eigenvalue weighted by Gasteiger charge is 2.40. The van der Waals surface area contributed by atoms with E-state index in [0.29, 0.717) is 43.5 Å². The molecule has 372 valence electrons. The predicted octanol–water partition coefficient (Wildman–Crippen LogP) is 10.6. The van der Waals surface area contributed by atoms with Crippen molar-refractivity contribution in [1.82, 2.24) is 20.2 Å². The van der Waals surface area contributed by atoms with Crippen LogP contribution in [0.4, 0.5) is 9.59 Å². The van der Waals surface area contributed by atoms with E-state index < -0.39 is 5.25 Å². The molecule has 2 aliphatic rings. The van der Waals surface area contributed by atoms with Crippen LogP contribution in [0.1, 0.15) is 113 Å². The Labute approximate surface area is 428 Å². The van der Waals surface area contributed by atoms with Crippen molar-refractivity contribution in [3.63, 3.8) is 0 Å². The van der Waals surface area contributed by atoms with Crippen molar-refractivity contribution in [3.8, 4) is 11.5 Å². The number of rotatable bonds is 25. The van der Waals surface area contributed by atoms with E-state index >= 15 is 0 Å². The number of alkyl halides is 1. The molecule has 0 saturated carbocycles. The first kappa shape index (κ1) is 56.6. The first-order valence-electron chi connectivity index (χ1n) is 23.7. The molecule has 69 heavy (non-hydrogen) atoms. The van der Waals surface area contributed by atoms with Gasteiger partial charge in [-0.1, -0.05) is 113 Å². The SMILES string of the molecule is CCCCCC(=O)OCI.CCCCCC(=O)OCN1C(=O)SC(Cc2ccc(OCCc3ccc(CC)cn3)cc2)C1=O.CCc1ccc(CCOc2ccc(CC3SC(=O)NC3=O)cc2)nc1. The number of nitrogens with one attached hydrogen (secondary N) is 1. The fourth-order valence-electron chi connectivity index (χ4n) is 6.70. The molecule has 6 rings (SSSR count). The van der Waals surface area contributed by atoms with Gasteiger partial charge in [-0.2, -0.15) is 0 Å². The Morgan fingerprint density at radius 1 is 0.623 bits per heavy atom. The lowest BCUT2D eigenvalue weighted by Gasteiger charge is -2.14. The minimum atomic E-state index is -0.518. The normalized spacial score (nSPS) is 15.1. The van der Waals surface area contributed by atoms with Crippen LogP contribution in [-0.2, 0) is 67.2 Å². The Kier molecular flexibility index (Phi) is 26.2. The summed E-state index contributed by atoms with van der Waals surface area (Å²) in [5.74, 6) is 0.547. The maximum absolute atomic E-state index is 12.6. The third-order valence-electron chi connectivity index (χ3n) is 10.8. The van der Waals surface area contributed by atoms with Gasteiger partial charge in [-0.15, -0.1) is 0 Å². The predicted molar refractivity (Wildman–Crippen MR) is 279 cm³/mol. The molecule has 0 aliphatic carbocycles. The van der Waals surface area contributed by atoms with Crippen molar-refractivity contribution >= 4 is 80.3 Å². The third-order valence-corrected chi connectivity index (χ3v) is 13.2. The van der Waals surface area contributed by atoms with Crippen molar-refractivity contribution in [2.24, 2.45) is 0 Å². The van der Waals surface area contributed by atoms with Crippen LogP contribution in [-0.4, -0.2) is 84.2 Å². The summed E-state index contributed by atoms with van der Waals surface area (Å²) >= 11 is 4.05. The number of carbonyl (C=O) groups excluding carboxylic acids is 6. The second kappa shape index (κ2) is 32.0. The molecule has 0 bridgehead atoms. The lowest BCUT2D eigenvalue weighted by molar-refractivity contribution is -0.149. The largest absolute Gasteiger partial charge is 0.493 e. The van der Waals surface area contributed by atoms with Gasteiger partial charge in [-0.05, 0) is 120 Å². The van der Waals surface area contributed by atoms with Crippen LogP contribution in [0.25, 0.3) is 0 Å². The monoisotopic (exact) mass is 1100 g/mol. The fraction of sp³-hybridized carbons (Fsp3) is 0.462. The van der Waals surface area contributed by atoms with E-state index in [-0.39, 0.29) is 46.2 Å². The number of nitrogens with zero attached hydrogens (tertiary/aromatic N) is 3. The van der Waals surface area contributed by atoms with Gasteiger partial charge in [0, 0.05) is 49.5 Å². The number of amides is 4. The number of unbranched alkanes of at least 4 members (excludes halogenated alkanes) is 4. The van der Waals surface area contributed by atoms with Crippen LogP contribution in [0.5, 0.6) is 11.5 Å². The van der Waals surface area contributed by atoms with Crippen molar-refractivity contribution in [2.75, 3.05) is 24.6 Å². The number of pyridine rings is 2. The number of carbonyl (C=O) groups is 6. The molecule has 4 aromatic rings. The van der Waals surface area contributed by atoms with Crippen molar-refractivity contribution in [3.05, 3.63) is 119 Å². The number of aryl methyl sites for hydroxylation is 2. The number of hydrogen-bond acceptors (Lipinski definition) is 14. The van der Waals surface area contributed by atoms with Crippen LogP contribution in [0.2, 0.25) is 0 Å². The average molecular weight is 1100 g/mol. The molecule has 0 radical (unpaired) electrons. The standard InChI is InChI=1S/C26H32N2O5S.C19H20N2O3S.C7H13IO2/c1-3-5-6-7-24(29)33-18-28-25(30)23(34-26(28)31)16-20-9-12-22(13-10-20)32-15-14-21-11-8-19(4-2)17-27-21;1-2-13-3-6-15(20-12-13)9-10-24-16-7-4-14(5-8-16)11-17-18(22)21-19(23)25-17;1-2-3-4-5-7(9)10-6-8/h8-13,17,23H,3-7,14-16,18H2,1-2H3;3-8,12,17H,2,9-11H2,1H3,(H,21,22,23);2-6H2,1H3. The first-order valence-corrected chi connectivity index (χ1v) is 26.9. The topological polar surface area (TPSA) is 180 Å². The smallest absolute Gasteiger partial charge is 0.307 e. The summed E-state index contributed by atoms with van der Waals surface area (Å²) in [6.45, 7) is 9.15. The molecule has 2 unspecified atom stereocenters. The highest BCUT2D eigenvalue weighted by Crippen LogP contribution is 2.30. The molecule has 2 aromatic carbocycles. The zero-order valence-corrected chi connectivity index (χ0v) is 43.9. The van der Waals surface area contributed by atoms with E-state index in [2.05, 4.69) is 55.1 Å². The van der Waals surface area contributed by atoms with Gasteiger partial charge < -0.3 is 18.9 Å². The number of thioether (sulfide) groups is 2. The van der Waals surface area contributed by atoms with Crippen LogP contribution in [0.15, 0.2) is 85.2 Å². The minimum Gasteiger partial charge on any atom is -0.493 e. The summed E-state index contributed by atoms with van der Waals surface area (Å²) in [6, 6.07) is 23.4. The van der Waals surface area contributed by atoms with Gasteiger partial charge in [0.2, 0.25) is 11.8 Å². The molecule has 4 heterocycles. The van der Waals surface area contributed by atoms with Gasteiger partial charge in [0.05, 0.1) is 23.7 Å². The van der Waals surface area contributed by atoms with Crippen LogP contribution >= 0.6 is 46.1 Å². The molecule has 4 amide bonds. The van der Waals surface area contributed by atoms with Crippen LogP contribution in [0, 0.1) is 0 Å². The van der Waals surface area contributed by atoms with Gasteiger partial charge in [0.15, 0.2) is 6.73 Å². The molecule has 2 saturated heterocycles. The number of halogens is 1. The highest BCUT2D eigenvalue weighted by molar-refractivity contribution is 14.1. The highest BCUT2D eigenvalue weighted by atomic mass is 127. The Morgan fingerprint density at radius 2 is 1.10 bits per heavy atom. The number of hydrogen-bond donors (Lipinski definition) is 1. The Morgan fingerprint density at radius 3 is 1.52 bits per heavy atom. The number of aromatic nitrogens is 2. The quantitative estimate of drug-likeness (QED) is 0.0287. The Bertz CT molecular complexity index is 2210. The molecule has 2 fully saturated rings. The van der Waals surface area contributed by atoms with E-state index in [1.165, 1.54) is 11.1 Å². The van der Waals surface area contributed by atoms with Crippen molar-refractivity contribution < 1.29 is 47.7 Å². The van der Waals surface area contributed by atoms with Gasteiger partial charge in [0.1, 0.15) is 16.1 Å². The molecule has 1 N–H and O–H groups in total. The zero-order chi connectivity index (χ0) is 49.8. The number of ether oxygens (including phenoxy) is 4. The van der Waals surface area contributed by atoms with Crippen LogP contribution in [0.3, 0.4) is 0 Å². The molecule has 2 atom stereocenters. The molecule has 14 nitrogen and oxygen atoms in total. The minimum absolute atomic E-state index is 0.0668. The van der Waals surface area contributed by atoms with Crippen molar-refractivity contribution in [1.29, 1.82) is 0 Å². The Hall–Kier alpha value is -5.01. The second-order valence-corrected chi connectivity index (χ2v) is 19.1. The molecule has 17 heteroatoms. The molecular formula is C52H65IN4O10S2. The summed E-state index contributed by atoms with van der Waals surface area (Å²) in [5.41, 5.74) is 6.39. The lowest BCUT2D eigenvalue weighted by Crippen LogP contribution is -2.35. The summed E-state index contributed by atoms with van der Waals surface area (Å²) in [6.07, 6.45) is 15.0. The van der Waals surface area contributed by atoms with E-state index in [9.17, 15) is 28.8 Å². The molecule has 2 aliphatic heterocycles.